The van der Waals surface area contributed by atoms with E-state index in [1.54, 1.807) is 6.07 Å². The van der Waals surface area contributed by atoms with Gasteiger partial charge in [0, 0.05) is 25.9 Å². The fraction of sp³-hybridized carbons (Fsp3) is 0.222. The first kappa shape index (κ1) is 21.2. The van der Waals surface area contributed by atoms with Crippen molar-refractivity contribution in [3.63, 3.8) is 0 Å². The van der Waals surface area contributed by atoms with Crippen molar-refractivity contribution < 1.29 is 17.6 Å². The Bertz CT molecular complexity index is 1590. The van der Waals surface area contributed by atoms with E-state index in [0.29, 0.717) is 5.56 Å². The molecule has 1 N–H and O–H groups in total. The van der Waals surface area contributed by atoms with Crippen LogP contribution in [0, 0.1) is 0 Å². The Morgan fingerprint density at radius 3 is 2.62 bits per heavy atom. The molecular weight excluding hydrogens is 442 g/mol. The summed E-state index contributed by atoms with van der Waals surface area (Å²) in [5.74, 6) is -0.567. The van der Waals surface area contributed by atoms with Gasteiger partial charge in [-0.2, -0.15) is 0 Å². The number of nitrogens with one attached hydrogen (secondary N) is 1. The van der Waals surface area contributed by atoms with Crippen LogP contribution in [0.25, 0.3) is 22.6 Å². The molecule has 0 saturated carbocycles. The molecule has 4 rings (SSSR count). The number of fused-ring (bicyclic) bond motifs is 1. The van der Waals surface area contributed by atoms with Gasteiger partial charge < -0.3 is 8.98 Å². The maximum atomic E-state index is 12.5. The van der Waals surface area contributed by atoms with Gasteiger partial charge in [0.25, 0.3) is 5.56 Å². The Morgan fingerprint density at radius 1 is 1.16 bits per heavy atom. The van der Waals surface area contributed by atoms with Crippen molar-refractivity contribution in [3.05, 3.63) is 51.4 Å². The van der Waals surface area contributed by atoms with E-state index in [2.05, 4.69) is 20.5 Å². The Labute approximate surface area is 179 Å². The van der Waals surface area contributed by atoms with Crippen molar-refractivity contribution in [2.24, 2.45) is 14.1 Å². The van der Waals surface area contributed by atoms with E-state index in [0.717, 1.165) is 10.8 Å². The molecule has 1 amide bonds. The Morgan fingerprint density at radius 2 is 1.91 bits per heavy atom. The largest absolute Gasteiger partial charge is 0.403 e. The summed E-state index contributed by atoms with van der Waals surface area (Å²) >= 11 is 0. The number of amides is 1. The first-order valence-corrected chi connectivity index (χ1v) is 11.0. The van der Waals surface area contributed by atoms with Gasteiger partial charge in [0.1, 0.15) is 6.54 Å². The van der Waals surface area contributed by atoms with Crippen LogP contribution in [0.4, 0.5) is 6.01 Å². The molecule has 166 valence electrons. The van der Waals surface area contributed by atoms with E-state index in [9.17, 15) is 22.8 Å². The molecule has 0 radical (unpaired) electrons. The van der Waals surface area contributed by atoms with Crippen molar-refractivity contribution in [2.75, 3.05) is 11.6 Å². The van der Waals surface area contributed by atoms with Crippen molar-refractivity contribution in [2.45, 2.75) is 11.4 Å². The van der Waals surface area contributed by atoms with Crippen molar-refractivity contribution in [1.82, 2.24) is 28.9 Å². The molecule has 0 aliphatic heterocycles. The zero-order valence-electron chi connectivity index (χ0n) is 17.1. The molecule has 0 bridgehead atoms. The Hall–Kier alpha value is -4.07. The number of benzene rings is 1. The first-order chi connectivity index (χ1) is 15.1. The summed E-state index contributed by atoms with van der Waals surface area (Å²) in [5, 5.41) is 9.98. The minimum atomic E-state index is -3.42. The van der Waals surface area contributed by atoms with Crippen LogP contribution in [0.15, 0.2) is 49.5 Å². The highest BCUT2D eigenvalue weighted by atomic mass is 32.2. The molecule has 0 saturated heterocycles. The number of hydrogen-bond acceptors (Lipinski definition) is 9. The monoisotopic (exact) mass is 459 g/mol. The third kappa shape index (κ3) is 3.71. The number of carbonyl (C=O) groups excluding carboxylic acids is 1. The quantitative estimate of drug-likeness (QED) is 0.415. The molecule has 0 atom stereocenters. The van der Waals surface area contributed by atoms with Gasteiger partial charge in [0.05, 0.1) is 11.2 Å². The number of anilines is 1. The van der Waals surface area contributed by atoms with Gasteiger partial charge in [0.15, 0.2) is 21.0 Å². The number of aryl methyl sites for hydroxylation is 1. The van der Waals surface area contributed by atoms with Crippen LogP contribution < -0.4 is 16.6 Å². The Kier molecular flexibility index (Phi) is 5.00. The molecule has 32 heavy (non-hydrogen) atoms. The van der Waals surface area contributed by atoms with Gasteiger partial charge in [-0.15, -0.1) is 5.10 Å². The lowest BCUT2D eigenvalue weighted by molar-refractivity contribution is -0.116. The number of sulfone groups is 1. The normalized spacial score (nSPS) is 11.7. The third-order valence-corrected chi connectivity index (χ3v) is 5.82. The van der Waals surface area contributed by atoms with Crippen molar-refractivity contribution in [3.8, 4) is 11.5 Å². The molecule has 3 aromatic heterocycles. The minimum Gasteiger partial charge on any atom is -0.403 e. The van der Waals surface area contributed by atoms with Crippen LogP contribution in [0.5, 0.6) is 0 Å². The summed E-state index contributed by atoms with van der Waals surface area (Å²) < 4.78 is 32.3. The number of aromatic nitrogens is 6. The smallest absolute Gasteiger partial charge is 0.332 e. The highest BCUT2D eigenvalue weighted by molar-refractivity contribution is 7.90. The zero-order valence-corrected chi connectivity index (χ0v) is 18.0. The predicted octanol–water partition coefficient (Wildman–Crippen LogP) is -0.474. The van der Waals surface area contributed by atoms with Gasteiger partial charge in [-0.25, -0.2) is 18.2 Å². The van der Waals surface area contributed by atoms with E-state index in [1.165, 1.54) is 47.8 Å². The summed E-state index contributed by atoms with van der Waals surface area (Å²) in [7, 11) is -0.616. The van der Waals surface area contributed by atoms with Gasteiger partial charge in [-0.1, -0.05) is 11.2 Å². The molecule has 0 spiro atoms. The SMILES string of the molecule is Cn1c(=O)c2c(ncn2CC(=O)Nc2nnc(-c3cccc(S(C)(=O)=O)c3)o2)n(C)c1=O. The second kappa shape index (κ2) is 7.56. The average molecular weight is 459 g/mol. The third-order valence-electron chi connectivity index (χ3n) is 4.71. The lowest BCUT2D eigenvalue weighted by Gasteiger charge is -2.06. The maximum absolute atomic E-state index is 12.5. The van der Waals surface area contributed by atoms with Gasteiger partial charge in [-0.05, 0) is 18.2 Å². The van der Waals surface area contributed by atoms with Crippen LogP contribution in [0.3, 0.4) is 0 Å². The summed E-state index contributed by atoms with van der Waals surface area (Å²) in [6, 6.07) is 5.73. The summed E-state index contributed by atoms with van der Waals surface area (Å²) in [6.07, 6.45) is 2.36. The number of nitrogens with zero attached hydrogens (tertiary/aromatic N) is 6. The van der Waals surface area contributed by atoms with Crippen LogP contribution >= 0.6 is 0 Å². The fourth-order valence-corrected chi connectivity index (χ4v) is 3.75. The topological polar surface area (TPSA) is 164 Å². The van der Waals surface area contributed by atoms with E-state index in [4.69, 9.17) is 4.42 Å². The van der Waals surface area contributed by atoms with E-state index < -0.39 is 27.0 Å². The second-order valence-corrected chi connectivity index (χ2v) is 9.03. The Balaban J connectivity index is 1.56. The number of hydrogen-bond donors (Lipinski definition) is 1. The zero-order chi connectivity index (χ0) is 23.2. The molecule has 4 aromatic rings. The molecular formula is C18H17N7O6S. The molecule has 13 nitrogen and oxygen atoms in total. The summed E-state index contributed by atoms with van der Waals surface area (Å²) in [5.41, 5.74) is -0.508. The maximum Gasteiger partial charge on any atom is 0.332 e. The highest BCUT2D eigenvalue weighted by Gasteiger charge is 2.18. The molecule has 1 aromatic carbocycles. The van der Waals surface area contributed by atoms with Crippen LogP contribution in [-0.4, -0.2) is 49.5 Å². The fourth-order valence-electron chi connectivity index (χ4n) is 3.08. The van der Waals surface area contributed by atoms with Gasteiger partial charge in [-0.3, -0.25) is 24.0 Å². The second-order valence-electron chi connectivity index (χ2n) is 7.01. The average Bonchev–Trinajstić information content (AvgIpc) is 3.37. The van der Waals surface area contributed by atoms with E-state index in [1.807, 2.05) is 0 Å². The molecule has 14 heteroatoms. The molecule has 0 aliphatic rings. The van der Waals surface area contributed by atoms with Crippen LogP contribution in [0.1, 0.15) is 0 Å². The summed E-state index contributed by atoms with van der Waals surface area (Å²) in [4.78, 5) is 41.1. The standard InChI is InChI=1S/C18H17N7O6S/c1-23-14-13(16(27)24(2)18(23)28)25(9-19-14)8-12(26)20-17-22-21-15(31-17)10-5-4-6-11(7-10)32(3,29)30/h4-7,9H,8H2,1-3H3,(H,20,22,26). The van der Waals surface area contributed by atoms with Gasteiger partial charge in [0.2, 0.25) is 11.8 Å². The van der Waals surface area contributed by atoms with Crippen LogP contribution in [0.2, 0.25) is 0 Å². The molecule has 3 heterocycles. The van der Waals surface area contributed by atoms with E-state index >= 15 is 0 Å². The lowest BCUT2D eigenvalue weighted by Crippen LogP contribution is -2.37. The molecule has 0 unspecified atom stereocenters. The van der Waals surface area contributed by atoms with Crippen LogP contribution in [-0.2, 0) is 35.3 Å². The van der Waals surface area contributed by atoms with Crippen molar-refractivity contribution in [1.29, 1.82) is 0 Å². The highest BCUT2D eigenvalue weighted by Crippen LogP contribution is 2.22. The summed E-state index contributed by atoms with van der Waals surface area (Å²) in [6.45, 7) is -0.300. The lowest BCUT2D eigenvalue weighted by atomic mass is 10.2. The first-order valence-electron chi connectivity index (χ1n) is 9.11. The van der Waals surface area contributed by atoms with Crippen molar-refractivity contribution >= 4 is 32.9 Å². The van der Waals surface area contributed by atoms with E-state index in [-0.39, 0.29) is 34.5 Å². The molecule has 0 fully saturated rings. The number of rotatable bonds is 5. The minimum absolute atomic E-state index is 0.0164. The van der Waals surface area contributed by atoms with Gasteiger partial charge >= 0.3 is 11.7 Å². The number of imidazole rings is 1. The predicted molar refractivity (Wildman–Crippen MR) is 112 cm³/mol. The number of carbonyl (C=O) groups is 1. The molecule has 0 aliphatic carbocycles.